The number of unbranched alkanes of at least 4 members (excludes halogenated alkanes) is 1. The van der Waals surface area contributed by atoms with E-state index in [0.29, 0.717) is 36.4 Å². The molecule has 2 unspecified atom stereocenters. The molecule has 3 aliphatic heterocycles. The lowest BCUT2D eigenvalue weighted by molar-refractivity contribution is -0.158. The number of ether oxygens (including phenoxy) is 2. The van der Waals surface area contributed by atoms with Crippen molar-refractivity contribution in [1.29, 1.82) is 0 Å². The number of aliphatic hydroxyl groups excluding tert-OH is 1. The van der Waals surface area contributed by atoms with E-state index >= 15 is 0 Å². The van der Waals surface area contributed by atoms with Crippen molar-refractivity contribution in [3.63, 3.8) is 0 Å². The van der Waals surface area contributed by atoms with Crippen LogP contribution in [0, 0.1) is 11.8 Å². The predicted molar refractivity (Wildman–Crippen MR) is 135 cm³/mol. The zero-order valence-corrected chi connectivity index (χ0v) is 21.3. The molecule has 2 bridgehead atoms. The molecular weight excluding hydrogens is 484 g/mol. The van der Waals surface area contributed by atoms with Gasteiger partial charge in [0, 0.05) is 30.4 Å². The number of nitrogens with zero attached hydrogens (tertiary/aromatic N) is 2. The van der Waals surface area contributed by atoms with Gasteiger partial charge in [-0.15, -0.1) is 6.58 Å². The third-order valence-corrected chi connectivity index (χ3v) is 7.88. The van der Waals surface area contributed by atoms with Crippen molar-refractivity contribution in [3.05, 3.63) is 54.6 Å². The Labute approximate surface area is 216 Å². The maximum absolute atomic E-state index is 14.3. The molecule has 3 saturated heterocycles. The van der Waals surface area contributed by atoms with Crippen molar-refractivity contribution >= 4 is 35.1 Å². The normalized spacial score (nSPS) is 30.2. The van der Waals surface area contributed by atoms with E-state index in [1.807, 2.05) is 6.92 Å². The first kappa shape index (κ1) is 26.4. The summed E-state index contributed by atoms with van der Waals surface area (Å²) >= 11 is 6.07. The number of hydrogen-bond donors (Lipinski definition) is 1. The topological polar surface area (TPSA) is 96.4 Å². The van der Waals surface area contributed by atoms with Crippen LogP contribution in [0.1, 0.15) is 32.6 Å². The monoisotopic (exact) mass is 516 g/mol. The fraction of sp³-hybridized carbons (Fsp3) is 0.519. The lowest BCUT2D eigenvalue weighted by atomic mass is 9.66. The fourth-order valence-corrected chi connectivity index (χ4v) is 6.27. The number of likely N-dealkylation sites (tertiary alicyclic amines) is 1. The minimum absolute atomic E-state index is 0.0202. The molecule has 194 valence electrons. The van der Waals surface area contributed by atoms with Gasteiger partial charge in [0.05, 0.1) is 11.5 Å². The van der Waals surface area contributed by atoms with Gasteiger partial charge in [0.1, 0.15) is 24.2 Å². The summed E-state index contributed by atoms with van der Waals surface area (Å²) < 4.78 is 12.0. The number of halogens is 1. The standard InChI is InChI=1S/C27H33ClN2O6/c1-4-14-29(19-10-8-18(28)9-11-19)24(33)22-27-13-12-26(3,36-27)21(25(34)35-17-5-2)20(27)23(32)30(22)15-6-7-16-31/h4-5,8-11,20-22,31H,1-2,6-7,12-17H2,3H3/t20-,21+,22?,26-,27?/m0/s1. The van der Waals surface area contributed by atoms with Crippen LogP contribution in [0.5, 0.6) is 0 Å². The number of rotatable bonds is 11. The third-order valence-electron chi connectivity index (χ3n) is 7.63. The van der Waals surface area contributed by atoms with E-state index in [4.69, 9.17) is 21.1 Å². The number of carbonyl (C=O) groups is 3. The summed E-state index contributed by atoms with van der Waals surface area (Å²) in [7, 11) is 0. The predicted octanol–water partition coefficient (Wildman–Crippen LogP) is 3.13. The number of anilines is 1. The highest BCUT2D eigenvalue weighted by Crippen LogP contribution is 2.63. The molecule has 1 spiro atoms. The Kier molecular flexibility index (Phi) is 7.59. The van der Waals surface area contributed by atoms with Crippen LogP contribution in [0.3, 0.4) is 0 Å². The van der Waals surface area contributed by atoms with Gasteiger partial charge in [0.25, 0.3) is 5.91 Å². The zero-order chi connectivity index (χ0) is 26.1. The number of carbonyl (C=O) groups excluding carboxylic acids is 3. The van der Waals surface area contributed by atoms with Crippen LogP contribution in [0.2, 0.25) is 5.02 Å². The Hall–Kier alpha value is -2.68. The minimum Gasteiger partial charge on any atom is -0.461 e. The summed E-state index contributed by atoms with van der Waals surface area (Å²) in [6.07, 6.45) is 5.10. The molecule has 4 rings (SSSR count). The first-order chi connectivity index (χ1) is 17.2. The molecule has 3 heterocycles. The van der Waals surface area contributed by atoms with E-state index in [-0.39, 0.29) is 38.1 Å². The molecule has 8 nitrogen and oxygen atoms in total. The van der Waals surface area contributed by atoms with Crippen molar-refractivity contribution in [3.8, 4) is 0 Å². The van der Waals surface area contributed by atoms with Gasteiger partial charge in [-0.25, -0.2) is 0 Å². The first-order valence-electron chi connectivity index (χ1n) is 12.3. The molecule has 2 amide bonds. The highest BCUT2D eigenvalue weighted by molar-refractivity contribution is 6.30. The van der Waals surface area contributed by atoms with E-state index in [1.165, 1.54) is 6.08 Å². The van der Waals surface area contributed by atoms with Gasteiger partial charge in [-0.2, -0.15) is 0 Å². The Morgan fingerprint density at radius 2 is 1.97 bits per heavy atom. The van der Waals surface area contributed by atoms with E-state index < -0.39 is 35.0 Å². The van der Waals surface area contributed by atoms with Crippen LogP contribution in [0.4, 0.5) is 5.69 Å². The molecule has 1 aromatic rings. The Bertz CT molecular complexity index is 1050. The Morgan fingerprint density at radius 3 is 2.61 bits per heavy atom. The van der Waals surface area contributed by atoms with Crippen LogP contribution in [-0.2, 0) is 23.9 Å². The van der Waals surface area contributed by atoms with Crippen LogP contribution >= 0.6 is 11.6 Å². The van der Waals surface area contributed by atoms with E-state index in [1.54, 1.807) is 40.1 Å². The van der Waals surface area contributed by atoms with Crippen molar-refractivity contribution < 1.29 is 29.0 Å². The van der Waals surface area contributed by atoms with Gasteiger partial charge < -0.3 is 24.4 Å². The highest BCUT2D eigenvalue weighted by atomic mass is 35.5. The van der Waals surface area contributed by atoms with Gasteiger partial charge in [-0.05, 0) is 56.9 Å². The van der Waals surface area contributed by atoms with Crippen molar-refractivity contribution in [1.82, 2.24) is 4.90 Å². The first-order valence-corrected chi connectivity index (χ1v) is 12.7. The smallest absolute Gasteiger partial charge is 0.313 e. The second-order valence-corrected chi connectivity index (χ2v) is 10.3. The van der Waals surface area contributed by atoms with Crippen LogP contribution in [-0.4, -0.2) is 71.3 Å². The number of aliphatic hydroxyl groups is 1. The average Bonchev–Trinajstić information content (AvgIpc) is 3.42. The van der Waals surface area contributed by atoms with Gasteiger partial charge in [0.2, 0.25) is 5.91 Å². The largest absolute Gasteiger partial charge is 0.461 e. The van der Waals surface area contributed by atoms with E-state index in [0.717, 1.165) is 0 Å². The summed E-state index contributed by atoms with van der Waals surface area (Å²) in [6, 6.07) is 5.96. The summed E-state index contributed by atoms with van der Waals surface area (Å²) in [5.41, 5.74) is -1.43. The van der Waals surface area contributed by atoms with Gasteiger partial charge in [-0.1, -0.05) is 30.3 Å². The van der Waals surface area contributed by atoms with Crippen molar-refractivity contribution in [2.24, 2.45) is 11.8 Å². The van der Waals surface area contributed by atoms with Gasteiger partial charge >= 0.3 is 5.97 Å². The average molecular weight is 517 g/mol. The quantitative estimate of drug-likeness (QED) is 0.276. The number of amides is 2. The molecule has 3 aliphatic rings. The molecule has 3 fully saturated rings. The highest BCUT2D eigenvalue weighted by Gasteiger charge is 2.78. The second-order valence-electron chi connectivity index (χ2n) is 9.82. The lowest BCUT2D eigenvalue weighted by Crippen LogP contribution is -2.56. The van der Waals surface area contributed by atoms with Crippen molar-refractivity contribution in [2.45, 2.75) is 49.9 Å². The van der Waals surface area contributed by atoms with Crippen LogP contribution < -0.4 is 4.90 Å². The summed E-state index contributed by atoms with van der Waals surface area (Å²) in [5.74, 6) is -2.75. The molecule has 0 aliphatic carbocycles. The minimum atomic E-state index is -1.15. The number of fused-ring (bicyclic) bond motifs is 1. The maximum atomic E-state index is 14.3. The molecule has 0 aromatic heterocycles. The molecule has 0 radical (unpaired) electrons. The maximum Gasteiger partial charge on any atom is 0.313 e. The molecule has 1 N–H and O–H groups in total. The summed E-state index contributed by atoms with van der Waals surface area (Å²) in [4.78, 5) is 44.5. The third kappa shape index (κ3) is 4.25. The molecule has 0 saturated carbocycles. The number of esters is 1. The SMILES string of the molecule is C=CCOC(=O)[C@H]1[C@H]2C(=O)N(CCCCO)C(C(=O)N(CC=C)c3ccc(Cl)cc3)C23CC[C@]1(C)O3. The number of benzene rings is 1. The van der Waals surface area contributed by atoms with Crippen molar-refractivity contribution in [2.75, 3.05) is 31.2 Å². The molecular formula is C27H33ClN2O6. The Balaban J connectivity index is 1.76. The summed E-state index contributed by atoms with van der Waals surface area (Å²) in [5, 5.41) is 9.85. The van der Waals surface area contributed by atoms with E-state index in [9.17, 15) is 19.5 Å². The molecule has 9 heteroatoms. The van der Waals surface area contributed by atoms with E-state index in [2.05, 4.69) is 13.2 Å². The molecule has 1 aromatic carbocycles. The number of hydrogen-bond acceptors (Lipinski definition) is 6. The fourth-order valence-electron chi connectivity index (χ4n) is 6.15. The van der Waals surface area contributed by atoms with Gasteiger partial charge in [0.15, 0.2) is 0 Å². The zero-order valence-electron chi connectivity index (χ0n) is 20.5. The molecule has 36 heavy (non-hydrogen) atoms. The van der Waals surface area contributed by atoms with Crippen LogP contribution in [0.15, 0.2) is 49.6 Å². The Morgan fingerprint density at radius 1 is 1.25 bits per heavy atom. The lowest BCUT2D eigenvalue weighted by Gasteiger charge is -2.36. The van der Waals surface area contributed by atoms with Crippen LogP contribution in [0.25, 0.3) is 0 Å². The second kappa shape index (κ2) is 10.4. The molecule has 5 atom stereocenters. The van der Waals surface area contributed by atoms with Gasteiger partial charge in [-0.3, -0.25) is 14.4 Å². The summed E-state index contributed by atoms with van der Waals surface area (Å²) in [6.45, 7) is 9.73.